The van der Waals surface area contributed by atoms with E-state index in [1.165, 1.54) is 0 Å². The van der Waals surface area contributed by atoms with Gasteiger partial charge in [0.2, 0.25) is 10.0 Å². The molecule has 3 aromatic rings. The van der Waals surface area contributed by atoms with Crippen LogP contribution in [0.4, 0.5) is 0 Å². The summed E-state index contributed by atoms with van der Waals surface area (Å²) in [7, 11) is -2.06. The average Bonchev–Trinajstić information content (AvgIpc) is 2.59. The van der Waals surface area contributed by atoms with Crippen molar-refractivity contribution in [2.75, 3.05) is 7.11 Å². The van der Waals surface area contributed by atoms with Crippen molar-refractivity contribution in [2.45, 2.75) is 18.4 Å². The predicted molar refractivity (Wildman–Crippen MR) is 93.5 cm³/mol. The molecular formula is C18H18N2O3S. The summed E-state index contributed by atoms with van der Waals surface area (Å²) in [5, 5.41) is 1.02. The molecule has 1 aromatic heterocycles. The molecule has 1 N–H and O–H groups in total. The molecule has 2 aromatic carbocycles. The molecule has 5 nitrogen and oxygen atoms in total. The minimum Gasteiger partial charge on any atom is -0.497 e. The third kappa shape index (κ3) is 3.39. The van der Waals surface area contributed by atoms with Crippen molar-refractivity contribution in [1.29, 1.82) is 0 Å². The molecule has 0 unspecified atom stereocenters. The standard InChI is InChI=1S/C18H18N2O3S/c1-13-11-16(23-2)9-10-18(13)24(21,22)19-12-15-8-7-14-5-3-4-6-17(14)20-15/h3-11,19H,12H2,1-2H3. The van der Waals surface area contributed by atoms with Crippen molar-refractivity contribution in [1.82, 2.24) is 9.71 Å². The third-order valence-corrected chi connectivity index (χ3v) is 5.33. The molecule has 0 atom stereocenters. The van der Waals surface area contributed by atoms with Gasteiger partial charge in [0.1, 0.15) is 5.75 Å². The summed E-state index contributed by atoms with van der Waals surface area (Å²) in [5.41, 5.74) is 2.14. The van der Waals surface area contributed by atoms with Gasteiger partial charge in [-0.05, 0) is 42.8 Å². The van der Waals surface area contributed by atoms with E-state index < -0.39 is 10.0 Å². The Morgan fingerprint density at radius 1 is 1.08 bits per heavy atom. The van der Waals surface area contributed by atoms with E-state index in [0.717, 1.165) is 10.9 Å². The molecule has 24 heavy (non-hydrogen) atoms. The van der Waals surface area contributed by atoms with Crippen LogP contribution in [-0.2, 0) is 16.6 Å². The highest BCUT2D eigenvalue weighted by Gasteiger charge is 2.17. The molecule has 0 aliphatic carbocycles. The zero-order chi connectivity index (χ0) is 17.2. The number of hydrogen-bond donors (Lipinski definition) is 1. The molecule has 6 heteroatoms. The van der Waals surface area contributed by atoms with Crippen LogP contribution in [0.3, 0.4) is 0 Å². The van der Waals surface area contributed by atoms with Gasteiger partial charge in [-0.25, -0.2) is 13.1 Å². The van der Waals surface area contributed by atoms with Gasteiger partial charge in [0, 0.05) is 5.39 Å². The van der Waals surface area contributed by atoms with Crippen LogP contribution < -0.4 is 9.46 Å². The Hall–Kier alpha value is -2.44. The number of aromatic nitrogens is 1. The van der Waals surface area contributed by atoms with E-state index in [1.807, 2.05) is 36.4 Å². The normalized spacial score (nSPS) is 11.6. The number of nitrogens with zero attached hydrogens (tertiary/aromatic N) is 1. The van der Waals surface area contributed by atoms with Crippen LogP contribution in [0.1, 0.15) is 11.3 Å². The Labute approximate surface area is 141 Å². The van der Waals surface area contributed by atoms with E-state index in [0.29, 0.717) is 17.0 Å². The fourth-order valence-corrected chi connectivity index (χ4v) is 3.73. The number of hydrogen-bond acceptors (Lipinski definition) is 4. The molecule has 3 rings (SSSR count). The van der Waals surface area contributed by atoms with Gasteiger partial charge < -0.3 is 4.74 Å². The molecule has 0 spiro atoms. The number of methoxy groups -OCH3 is 1. The maximum Gasteiger partial charge on any atom is 0.241 e. The highest BCUT2D eigenvalue weighted by atomic mass is 32.2. The Bertz CT molecular complexity index is 984. The van der Waals surface area contributed by atoms with Crippen LogP contribution in [0.2, 0.25) is 0 Å². The molecule has 124 valence electrons. The molecule has 0 amide bonds. The van der Waals surface area contributed by atoms with E-state index in [2.05, 4.69) is 9.71 Å². The smallest absolute Gasteiger partial charge is 0.241 e. The fourth-order valence-electron chi connectivity index (χ4n) is 2.50. The Kier molecular flexibility index (Phi) is 4.51. The van der Waals surface area contributed by atoms with Gasteiger partial charge in [-0.1, -0.05) is 24.3 Å². The number of pyridine rings is 1. The summed E-state index contributed by atoms with van der Waals surface area (Å²) in [6.45, 7) is 1.88. The van der Waals surface area contributed by atoms with Crippen LogP contribution in [0.5, 0.6) is 5.75 Å². The SMILES string of the molecule is COc1ccc(S(=O)(=O)NCc2ccc3ccccc3n2)c(C)c1. The minimum absolute atomic E-state index is 0.138. The van der Waals surface area contributed by atoms with Gasteiger partial charge in [-0.3, -0.25) is 4.98 Å². The molecule has 0 aliphatic heterocycles. The van der Waals surface area contributed by atoms with E-state index in [9.17, 15) is 8.42 Å². The van der Waals surface area contributed by atoms with Crippen molar-refractivity contribution in [3.63, 3.8) is 0 Å². The largest absolute Gasteiger partial charge is 0.497 e. The summed E-state index contributed by atoms with van der Waals surface area (Å²) in [6.07, 6.45) is 0. The van der Waals surface area contributed by atoms with E-state index in [1.54, 1.807) is 32.2 Å². The first kappa shape index (κ1) is 16.4. The lowest BCUT2D eigenvalue weighted by Crippen LogP contribution is -2.24. The second-order valence-electron chi connectivity index (χ2n) is 5.45. The van der Waals surface area contributed by atoms with Gasteiger partial charge in [0.05, 0.1) is 29.8 Å². The summed E-state index contributed by atoms with van der Waals surface area (Å²) in [6, 6.07) is 16.4. The summed E-state index contributed by atoms with van der Waals surface area (Å²) in [5.74, 6) is 0.627. The van der Waals surface area contributed by atoms with Gasteiger partial charge in [-0.2, -0.15) is 0 Å². The van der Waals surface area contributed by atoms with E-state index in [4.69, 9.17) is 4.74 Å². The maximum atomic E-state index is 12.5. The Morgan fingerprint density at radius 3 is 2.62 bits per heavy atom. The van der Waals surface area contributed by atoms with Gasteiger partial charge in [0.25, 0.3) is 0 Å². The maximum absolute atomic E-state index is 12.5. The van der Waals surface area contributed by atoms with Crippen LogP contribution in [0, 0.1) is 6.92 Å². The molecule has 0 aliphatic rings. The Morgan fingerprint density at radius 2 is 1.88 bits per heavy atom. The summed E-state index contributed by atoms with van der Waals surface area (Å²) < 4.78 is 32.7. The quantitative estimate of drug-likeness (QED) is 0.774. The third-order valence-electron chi connectivity index (χ3n) is 3.77. The van der Waals surface area contributed by atoms with E-state index >= 15 is 0 Å². The Balaban J connectivity index is 1.81. The first-order chi connectivity index (χ1) is 11.5. The van der Waals surface area contributed by atoms with Crippen LogP contribution >= 0.6 is 0 Å². The number of fused-ring (bicyclic) bond motifs is 1. The number of rotatable bonds is 5. The summed E-state index contributed by atoms with van der Waals surface area (Å²) in [4.78, 5) is 4.71. The lowest BCUT2D eigenvalue weighted by Gasteiger charge is -2.10. The van der Waals surface area contributed by atoms with Crippen LogP contribution in [0.15, 0.2) is 59.5 Å². The van der Waals surface area contributed by atoms with E-state index in [-0.39, 0.29) is 11.4 Å². The van der Waals surface area contributed by atoms with Crippen molar-refractivity contribution in [3.8, 4) is 5.75 Å². The first-order valence-corrected chi connectivity index (χ1v) is 8.97. The fraction of sp³-hybridized carbons (Fsp3) is 0.167. The van der Waals surface area contributed by atoms with Gasteiger partial charge in [0.15, 0.2) is 0 Å². The molecule has 0 fully saturated rings. The van der Waals surface area contributed by atoms with Gasteiger partial charge >= 0.3 is 0 Å². The van der Waals surface area contributed by atoms with Crippen molar-refractivity contribution in [3.05, 3.63) is 65.9 Å². The number of nitrogens with one attached hydrogen (secondary N) is 1. The molecule has 0 radical (unpaired) electrons. The number of benzene rings is 2. The zero-order valence-corrected chi connectivity index (χ0v) is 14.3. The predicted octanol–water partition coefficient (Wildman–Crippen LogP) is 3.03. The molecule has 1 heterocycles. The zero-order valence-electron chi connectivity index (χ0n) is 13.5. The number of aryl methyl sites for hydroxylation is 1. The van der Waals surface area contributed by atoms with Crippen molar-refractivity contribution >= 4 is 20.9 Å². The highest BCUT2D eigenvalue weighted by molar-refractivity contribution is 7.89. The van der Waals surface area contributed by atoms with Crippen LogP contribution in [0.25, 0.3) is 10.9 Å². The first-order valence-electron chi connectivity index (χ1n) is 7.48. The molecular weight excluding hydrogens is 324 g/mol. The van der Waals surface area contributed by atoms with Crippen molar-refractivity contribution in [2.24, 2.45) is 0 Å². The second kappa shape index (κ2) is 6.59. The topological polar surface area (TPSA) is 68.3 Å². The van der Waals surface area contributed by atoms with Gasteiger partial charge in [-0.15, -0.1) is 0 Å². The molecule has 0 bridgehead atoms. The van der Waals surface area contributed by atoms with Crippen molar-refractivity contribution < 1.29 is 13.2 Å². The highest BCUT2D eigenvalue weighted by Crippen LogP contribution is 2.21. The average molecular weight is 342 g/mol. The second-order valence-corrected chi connectivity index (χ2v) is 7.19. The summed E-state index contributed by atoms with van der Waals surface area (Å²) >= 11 is 0. The molecule has 0 saturated carbocycles. The monoisotopic (exact) mass is 342 g/mol. The molecule has 0 saturated heterocycles. The lowest BCUT2D eigenvalue weighted by atomic mass is 10.2. The minimum atomic E-state index is -3.61. The number of ether oxygens (including phenoxy) is 1. The lowest BCUT2D eigenvalue weighted by molar-refractivity contribution is 0.414. The van der Waals surface area contributed by atoms with Crippen LogP contribution in [-0.4, -0.2) is 20.5 Å². The number of sulfonamides is 1. The number of para-hydroxylation sites is 1.